The van der Waals surface area contributed by atoms with Crippen LogP contribution in [0.3, 0.4) is 0 Å². The number of halogens is 2. The zero-order valence-corrected chi connectivity index (χ0v) is 24.2. The van der Waals surface area contributed by atoms with Crippen molar-refractivity contribution in [2.24, 2.45) is 0 Å². The summed E-state index contributed by atoms with van der Waals surface area (Å²) >= 11 is 12.4. The van der Waals surface area contributed by atoms with Crippen molar-refractivity contribution in [3.05, 3.63) is 124 Å². The summed E-state index contributed by atoms with van der Waals surface area (Å²) in [6.45, 7) is -0.348. The number of benzene rings is 3. The summed E-state index contributed by atoms with van der Waals surface area (Å²) in [5, 5.41) is -0.157. The molecule has 3 heterocycles. The third-order valence-electron chi connectivity index (χ3n) is 6.80. The summed E-state index contributed by atoms with van der Waals surface area (Å²) in [6, 6.07) is 24.9. The highest BCUT2D eigenvalue weighted by Gasteiger charge is 2.52. The van der Waals surface area contributed by atoms with Crippen LogP contribution >= 0.6 is 23.2 Å². The van der Waals surface area contributed by atoms with Crippen LogP contribution in [0.5, 0.6) is 0 Å². The van der Waals surface area contributed by atoms with Crippen LogP contribution in [0.4, 0.5) is 0 Å². The molecule has 0 bridgehead atoms. The smallest absolute Gasteiger partial charge is 0.338 e. The molecule has 0 radical (unpaired) electrons. The first-order chi connectivity index (χ1) is 21.4. The quantitative estimate of drug-likeness (QED) is 0.0955. The Kier molecular flexibility index (Phi) is 8.51. The van der Waals surface area contributed by atoms with Gasteiger partial charge < -0.3 is 18.9 Å². The molecule has 0 amide bonds. The van der Waals surface area contributed by atoms with E-state index in [4.69, 9.17) is 42.1 Å². The van der Waals surface area contributed by atoms with Crippen molar-refractivity contribution in [1.82, 2.24) is 19.5 Å². The number of hydrogen-bond acceptors (Lipinski definition) is 10. The summed E-state index contributed by atoms with van der Waals surface area (Å²) in [5.41, 5.74) is 1.21. The van der Waals surface area contributed by atoms with E-state index in [-0.39, 0.29) is 39.3 Å². The van der Waals surface area contributed by atoms with E-state index < -0.39 is 42.4 Å². The maximum Gasteiger partial charge on any atom is 0.338 e. The molecule has 44 heavy (non-hydrogen) atoms. The minimum atomic E-state index is -1.26. The molecule has 1 saturated heterocycles. The third-order valence-corrected chi connectivity index (χ3v) is 7.24. The van der Waals surface area contributed by atoms with Gasteiger partial charge in [0.1, 0.15) is 18.2 Å². The molecule has 0 N–H and O–H groups in total. The number of hydrogen-bond donors (Lipinski definition) is 0. The van der Waals surface area contributed by atoms with Gasteiger partial charge in [0.2, 0.25) is 5.28 Å². The fourth-order valence-electron chi connectivity index (χ4n) is 4.72. The maximum absolute atomic E-state index is 13.4. The molecule has 1 unspecified atom stereocenters. The minimum Gasteiger partial charge on any atom is -0.459 e. The van der Waals surface area contributed by atoms with Crippen molar-refractivity contribution in [3.63, 3.8) is 0 Å². The van der Waals surface area contributed by atoms with Gasteiger partial charge in [-0.25, -0.2) is 24.4 Å². The highest BCUT2D eigenvalue weighted by Crippen LogP contribution is 2.37. The van der Waals surface area contributed by atoms with Gasteiger partial charge in [-0.1, -0.05) is 66.2 Å². The standard InChI is InChI=1S/C31H22Cl2N4O7/c32-25-22-26(36-31(33)35-25)37(17-34-22)27-24(44-30(40)20-14-8-3-9-15-20)23(43-29(39)19-12-6-2-7-13-19)21(42-27)16-41-28(38)18-10-4-1-5-11-18/h1-15,17,21,23-24,27H,16H2/t21-,23-,24-,27?/m1/s1. The first kappa shape index (κ1) is 29.2. The fraction of sp³-hybridized carbons (Fsp3) is 0.161. The van der Waals surface area contributed by atoms with Gasteiger partial charge in [0.05, 0.1) is 23.0 Å². The molecule has 5 aromatic rings. The Morgan fingerprint density at radius 3 is 1.82 bits per heavy atom. The predicted octanol–water partition coefficient (Wildman–Crippen LogP) is 5.34. The number of aromatic nitrogens is 4. The van der Waals surface area contributed by atoms with Gasteiger partial charge in [0.25, 0.3) is 0 Å². The summed E-state index contributed by atoms with van der Waals surface area (Å²) in [4.78, 5) is 51.9. The molecule has 2 aromatic heterocycles. The van der Waals surface area contributed by atoms with Crippen molar-refractivity contribution in [2.45, 2.75) is 24.5 Å². The SMILES string of the molecule is O=C(OC[C@H]1OC(n2cnc3c(Cl)nc(Cl)nc32)[C@H](OC(=O)c2ccccc2)[C@@H]1OC(=O)c1ccccc1)c1ccccc1. The van der Waals surface area contributed by atoms with Crippen molar-refractivity contribution >= 4 is 52.3 Å². The lowest BCUT2D eigenvalue weighted by molar-refractivity contribution is -0.0606. The molecule has 0 aliphatic carbocycles. The number of imidazole rings is 1. The van der Waals surface area contributed by atoms with E-state index in [0.29, 0.717) is 5.56 Å². The summed E-state index contributed by atoms with van der Waals surface area (Å²) in [7, 11) is 0. The van der Waals surface area contributed by atoms with Gasteiger partial charge in [-0.05, 0) is 48.0 Å². The fourth-order valence-corrected chi connectivity index (χ4v) is 5.15. The van der Waals surface area contributed by atoms with Crippen LogP contribution in [0.25, 0.3) is 11.2 Å². The van der Waals surface area contributed by atoms with E-state index in [1.54, 1.807) is 91.0 Å². The lowest BCUT2D eigenvalue weighted by Gasteiger charge is -2.25. The van der Waals surface area contributed by atoms with Gasteiger partial charge >= 0.3 is 17.9 Å². The van der Waals surface area contributed by atoms with Gasteiger partial charge in [-0.3, -0.25) is 4.57 Å². The Labute approximate surface area is 260 Å². The number of carbonyl (C=O) groups is 3. The number of carbonyl (C=O) groups excluding carboxylic acids is 3. The van der Waals surface area contributed by atoms with Crippen LogP contribution in [0, 0.1) is 0 Å². The van der Waals surface area contributed by atoms with Crippen LogP contribution in [0.2, 0.25) is 10.4 Å². The zero-order valence-electron chi connectivity index (χ0n) is 22.7. The molecule has 1 aliphatic rings. The third kappa shape index (κ3) is 6.11. The van der Waals surface area contributed by atoms with E-state index >= 15 is 0 Å². The first-order valence-corrected chi connectivity index (χ1v) is 14.1. The number of rotatable bonds is 8. The van der Waals surface area contributed by atoms with Crippen LogP contribution in [0.1, 0.15) is 37.3 Å². The molecule has 4 atom stereocenters. The molecule has 0 spiro atoms. The van der Waals surface area contributed by atoms with Crippen LogP contribution in [0.15, 0.2) is 97.3 Å². The van der Waals surface area contributed by atoms with Crippen LogP contribution in [-0.2, 0) is 18.9 Å². The number of esters is 3. The second-order valence-electron chi connectivity index (χ2n) is 9.61. The van der Waals surface area contributed by atoms with Crippen molar-refractivity contribution in [3.8, 4) is 0 Å². The molecule has 13 heteroatoms. The Bertz CT molecular complexity index is 1810. The van der Waals surface area contributed by atoms with Gasteiger partial charge in [0.15, 0.2) is 29.2 Å². The van der Waals surface area contributed by atoms with Gasteiger partial charge in [0, 0.05) is 0 Å². The highest BCUT2D eigenvalue weighted by atomic mass is 35.5. The average molecular weight is 633 g/mol. The van der Waals surface area contributed by atoms with E-state index in [1.807, 2.05) is 0 Å². The number of ether oxygens (including phenoxy) is 4. The van der Waals surface area contributed by atoms with E-state index in [9.17, 15) is 14.4 Å². The summed E-state index contributed by atoms with van der Waals surface area (Å²) in [6.07, 6.45) is -3.39. The number of fused-ring (bicyclic) bond motifs is 1. The Balaban J connectivity index is 1.39. The molecule has 3 aromatic carbocycles. The van der Waals surface area contributed by atoms with Crippen molar-refractivity contribution in [2.75, 3.05) is 6.61 Å². The molecular weight excluding hydrogens is 611 g/mol. The minimum absolute atomic E-state index is 0.00465. The van der Waals surface area contributed by atoms with Gasteiger partial charge in [-0.15, -0.1) is 0 Å². The maximum atomic E-state index is 13.4. The van der Waals surface area contributed by atoms with Crippen molar-refractivity contribution in [1.29, 1.82) is 0 Å². The Morgan fingerprint density at radius 1 is 0.727 bits per heavy atom. The lowest BCUT2D eigenvalue weighted by atomic mass is 10.1. The number of nitrogens with zero attached hydrogens (tertiary/aromatic N) is 4. The average Bonchev–Trinajstić information content (AvgIpc) is 3.62. The van der Waals surface area contributed by atoms with E-state index in [2.05, 4.69) is 15.0 Å². The molecule has 1 fully saturated rings. The second-order valence-corrected chi connectivity index (χ2v) is 10.3. The molecule has 1 aliphatic heterocycles. The largest absolute Gasteiger partial charge is 0.459 e. The van der Waals surface area contributed by atoms with E-state index in [0.717, 1.165) is 0 Å². The first-order valence-electron chi connectivity index (χ1n) is 13.3. The molecule has 6 rings (SSSR count). The molecule has 11 nitrogen and oxygen atoms in total. The predicted molar refractivity (Wildman–Crippen MR) is 157 cm³/mol. The summed E-state index contributed by atoms with van der Waals surface area (Å²) < 4.78 is 25.2. The molecular formula is C31H22Cl2N4O7. The second kappa shape index (κ2) is 12.8. The van der Waals surface area contributed by atoms with Gasteiger partial charge in [-0.2, -0.15) is 4.98 Å². The normalized spacial score (nSPS) is 19.4. The monoisotopic (exact) mass is 632 g/mol. The molecule has 222 valence electrons. The Hall–Kier alpha value is -4.84. The van der Waals surface area contributed by atoms with Crippen LogP contribution < -0.4 is 0 Å². The lowest BCUT2D eigenvalue weighted by Crippen LogP contribution is -2.41. The van der Waals surface area contributed by atoms with E-state index in [1.165, 1.54) is 10.9 Å². The topological polar surface area (TPSA) is 132 Å². The molecule has 0 saturated carbocycles. The van der Waals surface area contributed by atoms with Crippen LogP contribution in [-0.4, -0.2) is 62.3 Å². The summed E-state index contributed by atoms with van der Waals surface area (Å²) in [5.74, 6) is -2.03. The van der Waals surface area contributed by atoms with Crippen molar-refractivity contribution < 1.29 is 33.3 Å². The Morgan fingerprint density at radius 2 is 1.25 bits per heavy atom. The highest BCUT2D eigenvalue weighted by molar-refractivity contribution is 6.35. The zero-order chi connectivity index (χ0) is 30.6.